The first-order chi connectivity index (χ1) is 13.4. The number of fused-ring (bicyclic) bond motifs is 1. The zero-order chi connectivity index (χ0) is 20.3. The van der Waals surface area contributed by atoms with Gasteiger partial charge in [-0.1, -0.05) is 12.1 Å². The third kappa shape index (κ3) is 4.17. The zero-order valence-corrected chi connectivity index (χ0v) is 16.7. The fraction of sp³-hybridized carbons (Fsp3) is 0.364. The Morgan fingerprint density at radius 1 is 1.14 bits per heavy atom. The van der Waals surface area contributed by atoms with Gasteiger partial charge in [-0.25, -0.2) is 0 Å². The van der Waals surface area contributed by atoms with Gasteiger partial charge >= 0.3 is 0 Å². The maximum absolute atomic E-state index is 12.6. The van der Waals surface area contributed by atoms with Crippen LogP contribution in [0.3, 0.4) is 0 Å². The summed E-state index contributed by atoms with van der Waals surface area (Å²) < 4.78 is 10.8. The first-order valence-electron chi connectivity index (χ1n) is 9.32. The Labute approximate surface area is 165 Å². The standard InChI is InChI=1S/C22H26N2O4/c1-14-19-12-21(28-4)20(27-3)11-17(19)8-9-24(14)13-22(26)23-18-7-5-6-16(10-18)15(2)25/h5-7,10-12,14H,8-9,13H2,1-4H3,(H,23,26)/t14-/m0/s1. The molecule has 148 valence electrons. The molecule has 1 N–H and O–H groups in total. The summed E-state index contributed by atoms with van der Waals surface area (Å²) in [5.41, 5.74) is 3.58. The summed E-state index contributed by atoms with van der Waals surface area (Å²) in [6, 6.07) is 11.1. The number of Topliss-reactive ketones (excluding diaryl/α,β-unsaturated/α-hetero) is 1. The Balaban J connectivity index is 1.71. The van der Waals surface area contributed by atoms with Crippen LogP contribution >= 0.6 is 0 Å². The van der Waals surface area contributed by atoms with Crippen LogP contribution in [0.15, 0.2) is 36.4 Å². The molecule has 2 aromatic rings. The normalized spacial score (nSPS) is 16.2. The second kappa shape index (κ2) is 8.44. The van der Waals surface area contributed by atoms with Crippen molar-refractivity contribution in [1.82, 2.24) is 4.90 Å². The fourth-order valence-electron chi connectivity index (χ4n) is 3.61. The number of rotatable bonds is 6. The molecule has 0 aromatic heterocycles. The monoisotopic (exact) mass is 382 g/mol. The van der Waals surface area contributed by atoms with Crippen molar-refractivity contribution in [1.29, 1.82) is 0 Å². The van der Waals surface area contributed by atoms with Gasteiger partial charge in [0.05, 0.1) is 20.8 Å². The third-order valence-corrected chi connectivity index (χ3v) is 5.21. The van der Waals surface area contributed by atoms with Crippen LogP contribution in [0.1, 0.15) is 41.4 Å². The highest BCUT2D eigenvalue weighted by atomic mass is 16.5. The first kappa shape index (κ1) is 19.9. The Morgan fingerprint density at radius 3 is 2.54 bits per heavy atom. The Bertz CT molecular complexity index is 894. The molecule has 1 aliphatic rings. The van der Waals surface area contributed by atoms with E-state index in [9.17, 15) is 9.59 Å². The molecule has 0 saturated carbocycles. The molecule has 0 fully saturated rings. The van der Waals surface area contributed by atoms with Gasteiger partial charge in [0.25, 0.3) is 0 Å². The number of anilines is 1. The molecule has 1 atom stereocenters. The lowest BCUT2D eigenvalue weighted by Gasteiger charge is -2.35. The number of carbonyl (C=O) groups is 2. The molecule has 6 heteroatoms. The van der Waals surface area contributed by atoms with Gasteiger partial charge in [-0.05, 0) is 55.7 Å². The van der Waals surface area contributed by atoms with E-state index in [4.69, 9.17) is 9.47 Å². The quantitative estimate of drug-likeness (QED) is 0.775. The summed E-state index contributed by atoms with van der Waals surface area (Å²) in [4.78, 5) is 26.2. The highest BCUT2D eigenvalue weighted by Gasteiger charge is 2.27. The number of nitrogens with zero attached hydrogens (tertiary/aromatic N) is 1. The number of benzene rings is 2. The van der Waals surface area contributed by atoms with E-state index < -0.39 is 0 Å². The minimum Gasteiger partial charge on any atom is -0.493 e. The molecule has 1 amide bonds. The second-order valence-electron chi connectivity index (χ2n) is 6.99. The Kier molecular flexibility index (Phi) is 5.99. The zero-order valence-electron chi connectivity index (χ0n) is 16.7. The van der Waals surface area contributed by atoms with Crippen molar-refractivity contribution in [2.24, 2.45) is 0 Å². The molecular formula is C22H26N2O4. The van der Waals surface area contributed by atoms with Crippen LogP contribution in [0.25, 0.3) is 0 Å². The Hall–Kier alpha value is -2.86. The van der Waals surface area contributed by atoms with E-state index in [0.29, 0.717) is 17.0 Å². The average Bonchev–Trinajstić information content (AvgIpc) is 2.69. The number of hydrogen-bond acceptors (Lipinski definition) is 5. The number of methoxy groups -OCH3 is 2. The predicted octanol–water partition coefficient (Wildman–Crippen LogP) is 3.46. The van der Waals surface area contributed by atoms with Gasteiger partial charge in [0, 0.05) is 23.8 Å². The molecule has 0 spiro atoms. The number of carbonyl (C=O) groups excluding carboxylic acids is 2. The van der Waals surface area contributed by atoms with E-state index in [2.05, 4.69) is 17.1 Å². The van der Waals surface area contributed by atoms with E-state index in [1.54, 1.807) is 38.5 Å². The van der Waals surface area contributed by atoms with Crippen LogP contribution in [-0.2, 0) is 11.2 Å². The van der Waals surface area contributed by atoms with Gasteiger partial charge < -0.3 is 14.8 Å². The van der Waals surface area contributed by atoms with Crippen LogP contribution in [0, 0.1) is 0 Å². The minimum absolute atomic E-state index is 0.0262. The lowest BCUT2D eigenvalue weighted by atomic mass is 9.93. The van der Waals surface area contributed by atoms with Crippen molar-refractivity contribution < 1.29 is 19.1 Å². The molecule has 28 heavy (non-hydrogen) atoms. The van der Waals surface area contributed by atoms with Crippen LogP contribution in [0.2, 0.25) is 0 Å². The van der Waals surface area contributed by atoms with Gasteiger partial charge in [0.15, 0.2) is 17.3 Å². The van der Waals surface area contributed by atoms with Crippen LogP contribution in [0.5, 0.6) is 11.5 Å². The summed E-state index contributed by atoms with van der Waals surface area (Å²) in [6.45, 7) is 4.66. The van der Waals surface area contributed by atoms with Gasteiger partial charge in [-0.15, -0.1) is 0 Å². The van der Waals surface area contributed by atoms with Crippen molar-refractivity contribution in [2.75, 3.05) is 32.6 Å². The molecule has 3 rings (SSSR count). The summed E-state index contributed by atoms with van der Waals surface area (Å²) >= 11 is 0. The molecule has 2 aromatic carbocycles. The molecule has 0 saturated heterocycles. The van der Waals surface area contributed by atoms with Crippen molar-refractivity contribution in [2.45, 2.75) is 26.3 Å². The number of nitrogens with one attached hydrogen (secondary N) is 1. The van der Waals surface area contributed by atoms with Crippen LogP contribution in [-0.4, -0.2) is 43.9 Å². The van der Waals surface area contributed by atoms with Crippen molar-refractivity contribution in [3.8, 4) is 11.5 Å². The lowest BCUT2D eigenvalue weighted by Crippen LogP contribution is -2.39. The van der Waals surface area contributed by atoms with Crippen LogP contribution < -0.4 is 14.8 Å². The maximum atomic E-state index is 12.6. The molecule has 0 bridgehead atoms. The van der Waals surface area contributed by atoms with Gasteiger partial charge in [-0.2, -0.15) is 0 Å². The molecule has 0 unspecified atom stereocenters. The number of hydrogen-bond donors (Lipinski definition) is 1. The highest BCUT2D eigenvalue weighted by Crippen LogP contribution is 2.37. The van der Waals surface area contributed by atoms with Gasteiger partial charge in [0.2, 0.25) is 5.91 Å². The van der Waals surface area contributed by atoms with Crippen molar-refractivity contribution in [3.63, 3.8) is 0 Å². The molecule has 6 nitrogen and oxygen atoms in total. The summed E-state index contributed by atoms with van der Waals surface area (Å²) in [5, 5.41) is 2.89. The SMILES string of the molecule is COc1cc2c(cc1OC)[C@H](C)N(CC(=O)Nc1cccc(C(C)=O)c1)CC2. The van der Waals surface area contributed by atoms with Crippen LogP contribution in [0.4, 0.5) is 5.69 Å². The number of ketones is 1. The van der Waals surface area contributed by atoms with E-state index in [1.807, 2.05) is 12.1 Å². The third-order valence-electron chi connectivity index (χ3n) is 5.21. The molecule has 0 radical (unpaired) electrons. The molecule has 1 heterocycles. The summed E-state index contributed by atoms with van der Waals surface area (Å²) in [7, 11) is 3.26. The highest BCUT2D eigenvalue weighted by molar-refractivity contribution is 5.97. The van der Waals surface area contributed by atoms with Crippen molar-refractivity contribution >= 4 is 17.4 Å². The fourth-order valence-corrected chi connectivity index (χ4v) is 3.61. The second-order valence-corrected chi connectivity index (χ2v) is 6.99. The lowest BCUT2D eigenvalue weighted by molar-refractivity contribution is -0.117. The van der Waals surface area contributed by atoms with Gasteiger partial charge in [0.1, 0.15) is 0 Å². The van der Waals surface area contributed by atoms with Gasteiger partial charge in [-0.3, -0.25) is 14.5 Å². The number of ether oxygens (including phenoxy) is 2. The summed E-state index contributed by atoms with van der Waals surface area (Å²) in [6.07, 6.45) is 0.840. The smallest absolute Gasteiger partial charge is 0.238 e. The minimum atomic E-state index is -0.100. The molecule has 1 aliphatic heterocycles. The van der Waals surface area contributed by atoms with Crippen molar-refractivity contribution in [3.05, 3.63) is 53.1 Å². The topological polar surface area (TPSA) is 67.9 Å². The summed E-state index contributed by atoms with van der Waals surface area (Å²) in [5.74, 6) is 1.30. The predicted molar refractivity (Wildman–Crippen MR) is 108 cm³/mol. The molecular weight excluding hydrogens is 356 g/mol. The van der Waals surface area contributed by atoms with E-state index in [-0.39, 0.29) is 24.3 Å². The largest absolute Gasteiger partial charge is 0.493 e. The first-order valence-corrected chi connectivity index (χ1v) is 9.32. The van der Waals surface area contributed by atoms with E-state index in [1.165, 1.54) is 12.5 Å². The van der Waals surface area contributed by atoms with E-state index >= 15 is 0 Å². The average molecular weight is 382 g/mol. The Morgan fingerprint density at radius 2 is 1.86 bits per heavy atom. The molecule has 0 aliphatic carbocycles. The van der Waals surface area contributed by atoms with E-state index in [0.717, 1.165) is 24.3 Å². The number of amides is 1. The maximum Gasteiger partial charge on any atom is 0.238 e.